The maximum atomic E-state index is 12.6. The van der Waals surface area contributed by atoms with E-state index in [9.17, 15) is 9.59 Å². The molecule has 2 aromatic rings. The zero-order valence-electron chi connectivity index (χ0n) is 14.4. The lowest BCUT2D eigenvalue weighted by Crippen LogP contribution is -2.27. The van der Waals surface area contributed by atoms with E-state index in [0.717, 1.165) is 11.3 Å². The maximum Gasteiger partial charge on any atom is 0.412 e. The van der Waals surface area contributed by atoms with E-state index in [0.29, 0.717) is 24.3 Å². The Kier molecular flexibility index (Phi) is 4.39. The molecule has 2 amide bonds. The van der Waals surface area contributed by atoms with Gasteiger partial charge in [0.1, 0.15) is 11.9 Å². The number of fused-ring (bicyclic) bond motifs is 1. The van der Waals surface area contributed by atoms with Crippen molar-refractivity contribution in [3.05, 3.63) is 53.6 Å². The minimum atomic E-state index is -0.562. The van der Waals surface area contributed by atoms with Gasteiger partial charge < -0.3 is 9.64 Å². The molecule has 3 rings (SSSR count). The van der Waals surface area contributed by atoms with Gasteiger partial charge in [0.05, 0.1) is 12.2 Å². The highest BCUT2D eigenvalue weighted by Crippen LogP contribution is 2.22. The first-order valence-electron chi connectivity index (χ1n) is 7.99. The minimum absolute atomic E-state index is 0.0816. The second-order valence-electron chi connectivity index (χ2n) is 6.86. The molecule has 2 heterocycles. The van der Waals surface area contributed by atoms with Gasteiger partial charge >= 0.3 is 6.09 Å². The summed E-state index contributed by atoms with van der Waals surface area (Å²) in [6, 6.07) is 6.73. The molecule has 0 saturated heterocycles. The van der Waals surface area contributed by atoms with Crippen molar-refractivity contribution < 1.29 is 14.3 Å². The number of amides is 2. The molecule has 0 fully saturated rings. The van der Waals surface area contributed by atoms with Crippen molar-refractivity contribution in [1.29, 1.82) is 0 Å². The lowest BCUT2D eigenvalue weighted by atomic mass is 10.2. The summed E-state index contributed by atoms with van der Waals surface area (Å²) in [4.78, 5) is 34.3. The fourth-order valence-corrected chi connectivity index (χ4v) is 2.54. The average Bonchev–Trinajstić information content (AvgIpc) is 2.97. The van der Waals surface area contributed by atoms with E-state index in [1.807, 2.05) is 0 Å². The Balaban J connectivity index is 1.63. The van der Waals surface area contributed by atoms with Crippen LogP contribution < -0.4 is 5.32 Å². The molecule has 0 spiro atoms. The van der Waals surface area contributed by atoms with Gasteiger partial charge in [-0.2, -0.15) is 0 Å². The number of ether oxygens (including phenoxy) is 1. The van der Waals surface area contributed by atoms with Gasteiger partial charge in [-0.05, 0) is 45.0 Å². The number of benzene rings is 1. The van der Waals surface area contributed by atoms with Crippen molar-refractivity contribution in [3.63, 3.8) is 0 Å². The Labute approximate surface area is 146 Å². The van der Waals surface area contributed by atoms with Crippen LogP contribution in [0.15, 0.2) is 36.8 Å². The van der Waals surface area contributed by atoms with Crippen LogP contribution in [0.3, 0.4) is 0 Å². The molecule has 0 atom stereocenters. The van der Waals surface area contributed by atoms with E-state index in [2.05, 4.69) is 15.3 Å². The first-order chi connectivity index (χ1) is 11.8. The molecule has 130 valence electrons. The number of hydrogen-bond acceptors (Lipinski definition) is 5. The van der Waals surface area contributed by atoms with E-state index >= 15 is 0 Å². The third-order valence-electron chi connectivity index (χ3n) is 3.65. The first-order valence-corrected chi connectivity index (χ1v) is 7.99. The number of nitrogens with one attached hydrogen (secondary N) is 1. The quantitative estimate of drug-likeness (QED) is 0.908. The van der Waals surface area contributed by atoms with Gasteiger partial charge in [-0.15, -0.1) is 0 Å². The standard InChI is InChI=1S/C18H20N4O3/c1-18(2,3)25-17(24)21-14-6-4-12(5-7-14)16(23)22-9-13-8-19-11-20-15(13)10-22/h4-8,11H,9-10H2,1-3H3,(H,21,24). The SMILES string of the molecule is CC(C)(C)OC(=O)Nc1ccc(C(=O)N2Cc3cncnc3C2)cc1. The highest BCUT2D eigenvalue weighted by Gasteiger charge is 2.25. The summed E-state index contributed by atoms with van der Waals surface area (Å²) < 4.78 is 5.20. The second kappa shape index (κ2) is 6.51. The Morgan fingerprint density at radius 3 is 2.52 bits per heavy atom. The topological polar surface area (TPSA) is 84.4 Å². The van der Waals surface area contributed by atoms with E-state index < -0.39 is 11.7 Å². The van der Waals surface area contributed by atoms with Gasteiger partial charge in [-0.25, -0.2) is 14.8 Å². The highest BCUT2D eigenvalue weighted by molar-refractivity contribution is 5.95. The fourth-order valence-electron chi connectivity index (χ4n) is 2.54. The highest BCUT2D eigenvalue weighted by atomic mass is 16.6. The molecule has 0 bridgehead atoms. The van der Waals surface area contributed by atoms with Crippen LogP contribution in [0, 0.1) is 0 Å². The second-order valence-corrected chi connectivity index (χ2v) is 6.86. The van der Waals surface area contributed by atoms with Gasteiger partial charge in [0.25, 0.3) is 5.91 Å². The summed E-state index contributed by atoms with van der Waals surface area (Å²) in [5, 5.41) is 2.64. The lowest BCUT2D eigenvalue weighted by Gasteiger charge is -2.20. The average molecular weight is 340 g/mol. The normalized spacial score (nSPS) is 13.3. The lowest BCUT2D eigenvalue weighted by molar-refractivity contribution is 0.0635. The summed E-state index contributed by atoms with van der Waals surface area (Å²) in [5.41, 5.74) is 2.41. The molecule has 1 N–H and O–H groups in total. The minimum Gasteiger partial charge on any atom is -0.444 e. The monoisotopic (exact) mass is 340 g/mol. The first kappa shape index (κ1) is 16.9. The van der Waals surface area contributed by atoms with Crippen LogP contribution >= 0.6 is 0 Å². The predicted molar refractivity (Wildman–Crippen MR) is 91.9 cm³/mol. The molecule has 0 unspecified atom stereocenters. The Bertz CT molecular complexity index is 772. The third kappa shape index (κ3) is 4.12. The zero-order chi connectivity index (χ0) is 18.0. The summed E-state index contributed by atoms with van der Waals surface area (Å²) in [6.45, 7) is 6.38. The van der Waals surface area contributed by atoms with Gasteiger partial charge in [0.15, 0.2) is 0 Å². The molecule has 1 aromatic carbocycles. The van der Waals surface area contributed by atoms with Crippen LogP contribution in [0.5, 0.6) is 0 Å². The molecule has 7 nitrogen and oxygen atoms in total. The van der Waals surface area contributed by atoms with Gasteiger partial charge in [0.2, 0.25) is 0 Å². The van der Waals surface area contributed by atoms with Crippen LogP contribution in [0.4, 0.5) is 10.5 Å². The molecule has 0 radical (unpaired) electrons. The Morgan fingerprint density at radius 1 is 1.16 bits per heavy atom. The Morgan fingerprint density at radius 2 is 1.88 bits per heavy atom. The smallest absolute Gasteiger partial charge is 0.412 e. The van der Waals surface area contributed by atoms with E-state index in [4.69, 9.17) is 4.74 Å². The maximum absolute atomic E-state index is 12.6. The molecule has 25 heavy (non-hydrogen) atoms. The molecule has 0 aliphatic carbocycles. The van der Waals surface area contributed by atoms with E-state index in [1.54, 1.807) is 56.1 Å². The summed E-state index contributed by atoms with van der Waals surface area (Å²) in [5.74, 6) is -0.0816. The molecule has 1 aliphatic heterocycles. The predicted octanol–water partition coefficient (Wildman–Crippen LogP) is 2.98. The van der Waals surface area contributed by atoms with Gasteiger partial charge in [-0.1, -0.05) is 0 Å². The molecule has 1 aromatic heterocycles. The molecular weight excluding hydrogens is 320 g/mol. The van der Waals surface area contributed by atoms with Crippen LogP contribution in [-0.2, 0) is 17.8 Å². The van der Waals surface area contributed by atoms with Gasteiger partial charge in [0, 0.05) is 29.6 Å². The molecule has 0 saturated carbocycles. The van der Waals surface area contributed by atoms with E-state index in [-0.39, 0.29) is 5.91 Å². The van der Waals surface area contributed by atoms with Crippen molar-refractivity contribution >= 4 is 17.7 Å². The summed E-state index contributed by atoms with van der Waals surface area (Å²) in [7, 11) is 0. The molecule has 7 heteroatoms. The zero-order valence-corrected chi connectivity index (χ0v) is 14.4. The number of aromatic nitrogens is 2. The van der Waals surface area contributed by atoms with Crippen molar-refractivity contribution in [2.45, 2.75) is 39.5 Å². The van der Waals surface area contributed by atoms with Crippen molar-refractivity contribution in [2.75, 3.05) is 5.32 Å². The summed E-state index contributed by atoms with van der Waals surface area (Å²) in [6.07, 6.45) is 2.70. The summed E-state index contributed by atoms with van der Waals surface area (Å²) >= 11 is 0. The number of rotatable bonds is 2. The van der Waals surface area contributed by atoms with Crippen molar-refractivity contribution in [1.82, 2.24) is 14.9 Å². The van der Waals surface area contributed by atoms with Crippen LogP contribution in [0.2, 0.25) is 0 Å². The number of carbonyl (C=O) groups is 2. The van der Waals surface area contributed by atoms with Crippen LogP contribution in [0.25, 0.3) is 0 Å². The number of carbonyl (C=O) groups excluding carboxylic acids is 2. The van der Waals surface area contributed by atoms with E-state index in [1.165, 1.54) is 6.33 Å². The van der Waals surface area contributed by atoms with Crippen molar-refractivity contribution in [3.8, 4) is 0 Å². The third-order valence-corrected chi connectivity index (χ3v) is 3.65. The Hall–Kier alpha value is -2.96. The number of hydrogen-bond donors (Lipinski definition) is 1. The van der Waals surface area contributed by atoms with Crippen LogP contribution in [0.1, 0.15) is 42.4 Å². The molecule has 1 aliphatic rings. The number of anilines is 1. The fraction of sp³-hybridized carbons (Fsp3) is 0.333. The van der Waals surface area contributed by atoms with Crippen molar-refractivity contribution in [2.24, 2.45) is 0 Å². The van der Waals surface area contributed by atoms with Gasteiger partial charge in [-0.3, -0.25) is 10.1 Å². The molecular formula is C18H20N4O3. The number of nitrogens with zero attached hydrogens (tertiary/aromatic N) is 3. The van der Waals surface area contributed by atoms with Crippen LogP contribution in [-0.4, -0.2) is 32.5 Å². The largest absolute Gasteiger partial charge is 0.444 e.